The minimum absolute atomic E-state index is 0.102. The maximum Gasteiger partial charge on any atom is 0.275 e. The number of methoxy groups -OCH3 is 1. The van der Waals surface area contributed by atoms with Crippen molar-refractivity contribution in [3.8, 4) is 11.6 Å². The quantitative estimate of drug-likeness (QED) is 0.795. The first-order valence-electron chi connectivity index (χ1n) is 5.91. The fraction of sp³-hybridized carbons (Fsp3) is 0.250. The van der Waals surface area contributed by atoms with E-state index in [-0.39, 0.29) is 17.4 Å². The van der Waals surface area contributed by atoms with E-state index < -0.39 is 10.0 Å². The third kappa shape index (κ3) is 3.84. The molecular formula is C12H14N2O5S2. The van der Waals surface area contributed by atoms with Gasteiger partial charge in [0.25, 0.3) is 10.0 Å². The predicted molar refractivity (Wildman–Crippen MR) is 78.5 cm³/mol. The molecule has 0 aliphatic heterocycles. The molecule has 0 aliphatic rings. The van der Waals surface area contributed by atoms with Crippen LogP contribution in [-0.4, -0.2) is 38.8 Å². The van der Waals surface area contributed by atoms with Crippen LogP contribution in [-0.2, 0) is 10.0 Å². The summed E-state index contributed by atoms with van der Waals surface area (Å²) in [5.41, 5.74) is 0.307. The maximum atomic E-state index is 12.2. The average Bonchev–Trinajstić information content (AvgIpc) is 2.95. The molecule has 114 valence electrons. The monoisotopic (exact) mass is 330 g/mol. The molecule has 2 aromatic rings. The number of rotatable bonds is 7. The molecule has 0 unspecified atom stereocenters. The summed E-state index contributed by atoms with van der Waals surface area (Å²) in [6, 6.07) is 4.62. The molecule has 0 radical (unpaired) electrons. The van der Waals surface area contributed by atoms with Crippen molar-refractivity contribution in [3.05, 3.63) is 29.8 Å². The number of aromatic nitrogens is 1. The van der Waals surface area contributed by atoms with E-state index in [0.29, 0.717) is 17.3 Å². The van der Waals surface area contributed by atoms with E-state index in [0.717, 1.165) is 11.3 Å². The highest BCUT2D eigenvalue weighted by atomic mass is 32.2. The predicted octanol–water partition coefficient (Wildman–Crippen LogP) is 1.32. The number of nitrogens with zero attached hydrogens (tertiary/aromatic N) is 1. The topological polar surface area (TPSA) is 97.8 Å². The van der Waals surface area contributed by atoms with Crippen molar-refractivity contribution in [2.24, 2.45) is 0 Å². The molecule has 21 heavy (non-hydrogen) atoms. The van der Waals surface area contributed by atoms with Crippen molar-refractivity contribution in [3.63, 3.8) is 0 Å². The smallest absolute Gasteiger partial charge is 0.275 e. The van der Waals surface area contributed by atoms with Gasteiger partial charge in [0.1, 0.15) is 12.4 Å². The molecule has 2 heterocycles. The standard InChI is InChI=1S/C12H14N2O5S2/c1-18-10-4-7-20-12(10)21(16,17)14-9-2-3-11(13-8-9)19-6-5-15/h2-4,7-8,14-15H,5-6H2,1H3. The van der Waals surface area contributed by atoms with Crippen LogP contribution in [0.15, 0.2) is 34.0 Å². The summed E-state index contributed by atoms with van der Waals surface area (Å²) in [6.07, 6.45) is 1.34. The highest BCUT2D eigenvalue weighted by molar-refractivity contribution is 7.94. The van der Waals surface area contributed by atoms with Crippen molar-refractivity contribution in [2.45, 2.75) is 4.21 Å². The molecule has 0 atom stereocenters. The lowest BCUT2D eigenvalue weighted by Gasteiger charge is -2.08. The van der Waals surface area contributed by atoms with Crippen LogP contribution in [0.25, 0.3) is 0 Å². The summed E-state index contributed by atoms with van der Waals surface area (Å²) < 4.78 is 37.1. The molecule has 7 nitrogen and oxygen atoms in total. The molecule has 0 saturated carbocycles. The van der Waals surface area contributed by atoms with Crippen LogP contribution in [0.2, 0.25) is 0 Å². The second kappa shape index (κ2) is 6.74. The minimum Gasteiger partial charge on any atom is -0.494 e. The van der Waals surface area contributed by atoms with E-state index in [1.807, 2.05) is 0 Å². The lowest BCUT2D eigenvalue weighted by Crippen LogP contribution is -2.12. The van der Waals surface area contributed by atoms with Gasteiger partial charge in [-0.3, -0.25) is 4.72 Å². The lowest BCUT2D eigenvalue weighted by molar-refractivity contribution is 0.197. The Balaban J connectivity index is 2.13. The van der Waals surface area contributed by atoms with E-state index in [4.69, 9.17) is 14.6 Å². The van der Waals surface area contributed by atoms with E-state index in [9.17, 15) is 8.42 Å². The van der Waals surface area contributed by atoms with E-state index in [2.05, 4.69) is 9.71 Å². The largest absolute Gasteiger partial charge is 0.494 e. The highest BCUT2D eigenvalue weighted by Crippen LogP contribution is 2.30. The number of anilines is 1. The van der Waals surface area contributed by atoms with Crippen LogP contribution in [0.4, 0.5) is 5.69 Å². The lowest BCUT2D eigenvalue weighted by atomic mass is 10.4. The zero-order chi connectivity index (χ0) is 15.3. The van der Waals surface area contributed by atoms with Gasteiger partial charge in [-0.2, -0.15) is 0 Å². The Morgan fingerprint density at radius 1 is 1.38 bits per heavy atom. The molecule has 9 heteroatoms. The molecular weight excluding hydrogens is 316 g/mol. The van der Waals surface area contributed by atoms with E-state index in [1.54, 1.807) is 11.4 Å². The third-order valence-corrected chi connectivity index (χ3v) is 5.22. The van der Waals surface area contributed by atoms with Crippen LogP contribution >= 0.6 is 11.3 Å². The molecule has 0 aromatic carbocycles. The van der Waals surface area contributed by atoms with Crippen LogP contribution in [0.1, 0.15) is 0 Å². The molecule has 0 bridgehead atoms. The second-order valence-electron chi connectivity index (χ2n) is 3.84. The van der Waals surface area contributed by atoms with Gasteiger partial charge in [0, 0.05) is 6.07 Å². The number of thiophene rings is 1. The molecule has 2 N–H and O–H groups in total. The second-order valence-corrected chi connectivity index (χ2v) is 6.63. The minimum atomic E-state index is -3.72. The van der Waals surface area contributed by atoms with Gasteiger partial charge < -0.3 is 14.6 Å². The first kappa shape index (κ1) is 15.5. The summed E-state index contributed by atoms with van der Waals surface area (Å²) in [5, 5.41) is 10.3. The number of nitrogens with one attached hydrogen (secondary N) is 1. The Morgan fingerprint density at radius 3 is 2.81 bits per heavy atom. The van der Waals surface area contributed by atoms with E-state index >= 15 is 0 Å². The Bertz CT molecular complexity index is 682. The van der Waals surface area contributed by atoms with Gasteiger partial charge in [0.15, 0.2) is 4.21 Å². The summed E-state index contributed by atoms with van der Waals surface area (Å²) in [5.74, 6) is 0.601. The van der Waals surface area contributed by atoms with Crippen molar-refractivity contribution < 1.29 is 23.0 Å². The van der Waals surface area contributed by atoms with Crippen LogP contribution < -0.4 is 14.2 Å². The molecule has 2 rings (SSSR count). The van der Waals surface area contributed by atoms with Gasteiger partial charge in [0.05, 0.1) is 25.6 Å². The Labute approximate surface area is 126 Å². The van der Waals surface area contributed by atoms with Crippen molar-refractivity contribution in [2.75, 3.05) is 25.0 Å². The van der Waals surface area contributed by atoms with Gasteiger partial charge >= 0.3 is 0 Å². The number of hydrogen-bond donors (Lipinski definition) is 2. The first-order chi connectivity index (χ1) is 10.1. The van der Waals surface area contributed by atoms with Crippen LogP contribution in [0.3, 0.4) is 0 Å². The molecule has 0 fully saturated rings. The van der Waals surface area contributed by atoms with Gasteiger partial charge in [-0.05, 0) is 17.5 Å². The van der Waals surface area contributed by atoms with Crippen LogP contribution in [0.5, 0.6) is 11.6 Å². The summed E-state index contributed by atoms with van der Waals surface area (Å²) in [4.78, 5) is 3.94. The zero-order valence-electron chi connectivity index (χ0n) is 11.1. The normalized spacial score (nSPS) is 11.1. The fourth-order valence-corrected chi connectivity index (χ4v) is 3.83. The summed E-state index contributed by atoms with van der Waals surface area (Å²) in [6.45, 7) is 0.0126. The SMILES string of the molecule is COc1ccsc1S(=O)(=O)Nc1ccc(OCCO)nc1. The summed E-state index contributed by atoms with van der Waals surface area (Å²) >= 11 is 1.07. The van der Waals surface area contributed by atoms with Gasteiger partial charge in [-0.25, -0.2) is 13.4 Å². The average molecular weight is 330 g/mol. The highest BCUT2D eigenvalue weighted by Gasteiger charge is 2.21. The molecule has 0 spiro atoms. The number of aliphatic hydroxyl groups excluding tert-OH is 1. The summed E-state index contributed by atoms with van der Waals surface area (Å²) in [7, 11) is -2.31. The Morgan fingerprint density at radius 2 is 2.19 bits per heavy atom. The maximum absolute atomic E-state index is 12.2. The molecule has 0 saturated heterocycles. The fourth-order valence-electron chi connectivity index (χ4n) is 1.51. The number of pyridine rings is 1. The van der Waals surface area contributed by atoms with Gasteiger partial charge in [-0.1, -0.05) is 0 Å². The number of sulfonamides is 1. The zero-order valence-corrected chi connectivity index (χ0v) is 12.8. The van der Waals surface area contributed by atoms with Gasteiger partial charge in [-0.15, -0.1) is 11.3 Å². The number of aliphatic hydroxyl groups is 1. The third-order valence-electron chi connectivity index (χ3n) is 2.39. The van der Waals surface area contributed by atoms with Crippen molar-refractivity contribution >= 4 is 27.0 Å². The number of ether oxygens (including phenoxy) is 2. The first-order valence-corrected chi connectivity index (χ1v) is 8.27. The molecule has 0 aliphatic carbocycles. The van der Waals surface area contributed by atoms with Crippen molar-refractivity contribution in [1.29, 1.82) is 0 Å². The molecule has 2 aromatic heterocycles. The Kier molecular flexibility index (Phi) is 4.99. The van der Waals surface area contributed by atoms with Crippen molar-refractivity contribution in [1.82, 2.24) is 4.98 Å². The Hall–Kier alpha value is -1.84. The number of hydrogen-bond acceptors (Lipinski definition) is 7. The van der Waals surface area contributed by atoms with E-state index in [1.165, 1.54) is 25.4 Å². The molecule has 0 amide bonds. The van der Waals surface area contributed by atoms with Gasteiger partial charge in [0.2, 0.25) is 5.88 Å². The van der Waals surface area contributed by atoms with Crippen LogP contribution in [0, 0.1) is 0 Å².